The van der Waals surface area contributed by atoms with E-state index >= 15 is 0 Å². The van der Waals surface area contributed by atoms with Gasteiger partial charge in [-0.05, 0) is 68.6 Å². The Balaban J connectivity index is 2.36. The summed E-state index contributed by atoms with van der Waals surface area (Å²) in [6.07, 6.45) is 2.70. The third-order valence-corrected chi connectivity index (χ3v) is 4.79. The molecule has 1 atom stereocenters. The summed E-state index contributed by atoms with van der Waals surface area (Å²) in [4.78, 5) is 0. The summed E-state index contributed by atoms with van der Waals surface area (Å²) in [7, 11) is 1.90. The Morgan fingerprint density at radius 3 is 2.64 bits per heavy atom. The highest BCUT2D eigenvalue weighted by Crippen LogP contribution is 2.34. The minimum absolute atomic E-state index is 0.531. The zero-order valence-corrected chi connectivity index (χ0v) is 15.9. The average molecular weight is 360 g/mol. The molecular weight excluding hydrogens is 334 g/mol. The van der Waals surface area contributed by atoms with E-state index in [0.717, 1.165) is 45.2 Å². The second kappa shape index (κ2) is 9.04. The molecule has 2 N–H and O–H groups in total. The van der Waals surface area contributed by atoms with Crippen LogP contribution in [0.25, 0.3) is 0 Å². The first-order chi connectivity index (χ1) is 12.0. The molecule has 0 fully saturated rings. The molecular formula is C21H26ClNO2. The van der Waals surface area contributed by atoms with Crippen LogP contribution in [0.3, 0.4) is 0 Å². The van der Waals surface area contributed by atoms with Crippen LogP contribution >= 0.6 is 11.6 Å². The van der Waals surface area contributed by atoms with E-state index in [-0.39, 0.29) is 0 Å². The van der Waals surface area contributed by atoms with Crippen molar-refractivity contribution < 1.29 is 9.84 Å². The highest BCUT2D eigenvalue weighted by Gasteiger charge is 2.13. The Morgan fingerprint density at radius 2 is 1.96 bits per heavy atom. The van der Waals surface area contributed by atoms with Gasteiger partial charge in [0.25, 0.3) is 0 Å². The number of halogens is 1. The molecule has 0 aromatic heterocycles. The van der Waals surface area contributed by atoms with Gasteiger partial charge in [-0.1, -0.05) is 29.8 Å². The highest BCUT2D eigenvalue weighted by atomic mass is 35.5. The molecule has 4 heteroatoms. The number of hydrogen-bond acceptors (Lipinski definition) is 3. The smallest absolute Gasteiger partial charge is 0.132 e. The van der Waals surface area contributed by atoms with Gasteiger partial charge in [0.2, 0.25) is 0 Å². The maximum Gasteiger partial charge on any atom is 0.132 e. The molecule has 0 aliphatic heterocycles. The number of aliphatic hydroxyl groups excluding tert-OH is 1. The van der Waals surface area contributed by atoms with Crippen molar-refractivity contribution in [1.82, 2.24) is 5.32 Å². The predicted octanol–water partition coefficient (Wildman–Crippen LogP) is 5.47. The van der Waals surface area contributed by atoms with E-state index in [1.54, 1.807) is 0 Å². The maximum atomic E-state index is 10.4. The van der Waals surface area contributed by atoms with Gasteiger partial charge >= 0.3 is 0 Å². The first-order valence-electron chi connectivity index (χ1n) is 8.47. The van der Waals surface area contributed by atoms with Gasteiger partial charge in [0, 0.05) is 17.1 Å². The van der Waals surface area contributed by atoms with Crippen LogP contribution in [0.15, 0.2) is 43.0 Å². The van der Waals surface area contributed by atoms with E-state index < -0.39 is 6.10 Å². The molecule has 0 heterocycles. The van der Waals surface area contributed by atoms with Crippen LogP contribution < -0.4 is 10.1 Å². The van der Waals surface area contributed by atoms with Crippen LogP contribution in [0.5, 0.6) is 11.5 Å². The summed E-state index contributed by atoms with van der Waals surface area (Å²) in [5.74, 6) is 1.52. The van der Waals surface area contributed by atoms with Gasteiger partial charge in [0.15, 0.2) is 0 Å². The second-order valence-electron chi connectivity index (χ2n) is 6.18. The number of hydrogen-bond donors (Lipinski definition) is 2. The largest absolute Gasteiger partial charge is 0.457 e. The Bertz CT molecular complexity index is 743. The molecule has 1 unspecified atom stereocenters. The van der Waals surface area contributed by atoms with Gasteiger partial charge in [0.1, 0.15) is 11.5 Å². The van der Waals surface area contributed by atoms with Gasteiger partial charge in [-0.15, -0.1) is 6.58 Å². The van der Waals surface area contributed by atoms with E-state index in [2.05, 4.69) is 11.9 Å². The monoisotopic (exact) mass is 359 g/mol. The Labute approximate surface area is 155 Å². The summed E-state index contributed by atoms with van der Waals surface area (Å²) in [5, 5.41) is 14.2. The fourth-order valence-corrected chi connectivity index (χ4v) is 2.85. The number of ether oxygens (including phenoxy) is 1. The highest BCUT2D eigenvalue weighted by molar-refractivity contribution is 6.31. The molecule has 25 heavy (non-hydrogen) atoms. The lowest BCUT2D eigenvalue weighted by Crippen LogP contribution is -2.08. The average Bonchev–Trinajstić information content (AvgIpc) is 2.61. The lowest BCUT2D eigenvalue weighted by atomic mass is 10.0. The minimum atomic E-state index is -0.531. The van der Waals surface area contributed by atoms with Crippen molar-refractivity contribution in [1.29, 1.82) is 0 Å². The summed E-state index contributed by atoms with van der Waals surface area (Å²) in [6.45, 7) is 8.37. The minimum Gasteiger partial charge on any atom is -0.457 e. The fraction of sp³-hybridized carbons (Fsp3) is 0.333. The lowest BCUT2D eigenvalue weighted by Gasteiger charge is -2.17. The lowest BCUT2D eigenvalue weighted by molar-refractivity contribution is 0.168. The summed E-state index contributed by atoms with van der Waals surface area (Å²) in [6, 6.07) is 9.60. The van der Waals surface area contributed by atoms with Gasteiger partial charge in [-0.3, -0.25) is 0 Å². The van der Waals surface area contributed by atoms with E-state index in [1.807, 2.05) is 57.3 Å². The molecule has 0 radical (unpaired) electrons. The van der Waals surface area contributed by atoms with Crippen LogP contribution in [-0.4, -0.2) is 12.2 Å². The number of allylic oxidation sites excluding steroid dienone is 1. The van der Waals surface area contributed by atoms with Crippen LogP contribution in [0.4, 0.5) is 0 Å². The van der Waals surface area contributed by atoms with Crippen LogP contribution in [-0.2, 0) is 6.54 Å². The van der Waals surface area contributed by atoms with Gasteiger partial charge in [-0.2, -0.15) is 0 Å². The number of aliphatic hydroxyl groups is 1. The molecule has 0 aliphatic rings. The third kappa shape index (κ3) is 4.85. The topological polar surface area (TPSA) is 41.5 Å². The molecule has 2 aromatic rings. The number of rotatable bonds is 8. The SMILES string of the molecule is C=CCCC(O)c1ccc(CNC)c(Oc2ccc(Cl)c(C)c2C)c1. The predicted molar refractivity (Wildman–Crippen MR) is 105 cm³/mol. The fourth-order valence-electron chi connectivity index (χ4n) is 2.64. The molecule has 0 aliphatic carbocycles. The molecule has 0 amide bonds. The van der Waals surface area contributed by atoms with E-state index in [9.17, 15) is 5.11 Å². The normalized spacial score (nSPS) is 12.0. The van der Waals surface area contributed by atoms with Crippen LogP contribution in [0, 0.1) is 13.8 Å². The van der Waals surface area contributed by atoms with E-state index in [1.165, 1.54) is 0 Å². The summed E-state index contributed by atoms with van der Waals surface area (Å²) in [5.41, 5.74) is 3.91. The Hall–Kier alpha value is -1.81. The van der Waals surface area contributed by atoms with Crippen LogP contribution in [0.2, 0.25) is 5.02 Å². The van der Waals surface area contributed by atoms with Crippen molar-refractivity contribution in [3.05, 3.63) is 70.3 Å². The second-order valence-corrected chi connectivity index (χ2v) is 6.58. The third-order valence-electron chi connectivity index (χ3n) is 4.38. The van der Waals surface area contributed by atoms with Crippen molar-refractivity contribution in [3.63, 3.8) is 0 Å². The van der Waals surface area contributed by atoms with Crippen molar-refractivity contribution in [3.8, 4) is 11.5 Å². The van der Waals surface area contributed by atoms with E-state index in [0.29, 0.717) is 13.0 Å². The quantitative estimate of drug-likeness (QED) is 0.614. The zero-order chi connectivity index (χ0) is 18.4. The van der Waals surface area contributed by atoms with Crippen molar-refractivity contribution in [2.75, 3.05) is 7.05 Å². The molecule has 0 bridgehead atoms. The van der Waals surface area contributed by atoms with Crippen molar-refractivity contribution >= 4 is 11.6 Å². The Morgan fingerprint density at radius 1 is 1.20 bits per heavy atom. The molecule has 2 rings (SSSR count). The van der Waals surface area contributed by atoms with E-state index in [4.69, 9.17) is 16.3 Å². The number of nitrogens with one attached hydrogen (secondary N) is 1. The molecule has 0 saturated heterocycles. The molecule has 2 aromatic carbocycles. The molecule has 0 saturated carbocycles. The molecule has 3 nitrogen and oxygen atoms in total. The molecule has 0 spiro atoms. The summed E-state index contributed by atoms with van der Waals surface area (Å²) < 4.78 is 6.19. The van der Waals surface area contributed by atoms with Crippen LogP contribution in [0.1, 0.15) is 41.2 Å². The van der Waals surface area contributed by atoms with Crippen molar-refractivity contribution in [2.24, 2.45) is 0 Å². The zero-order valence-electron chi connectivity index (χ0n) is 15.1. The van der Waals surface area contributed by atoms with Gasteiger partial charge < -0.3 is 15.2 Å². The first-order valence-corrected chi connectivity index (χ1v) is 8.85. The Kier molecular flexibility index (Phi) is 7.06. The molecule has 134 valence electrons. The maximum absolute atomic E-state index is 10.4. The van der Waals surface area contributed by atoms with Gasteiger partial charge in [0.05, 0.1) is 6.10 Å². The van der Waals surface area contributed by atoms with Gasteiger partial charge in [-0.25, -0.2) is 0 Å². The number of benzene rings is 2. The van der Waals surface area contributed by atoms with Crippen molar-refractivity contribution in [2.45, 2.75) is 39.3 Å². The first kappa shape index (κ1) is 19.5. The standard InChI is InChI=1S/C21H26ClNO2/c1-5-6-7-19(24)16-8-9-17(13-23-4)21(12-16)25-20-11-10-18(22)14(2)15(20)3/h5,8-12,19,23-24H,1,6-7,13H2,2-4H3. The summed E-state index contributed by atoms with van der Waals surface area (Å²) >= 11 is 6.18.